The number of benzene rings is 1. The van der Waals surface area contributed by atoms with Crippen molar-refractivity contribution in [3.05, 3.63) is 71.4 Å². The number of ether oxygens (including phenoxy) is 1. The number of hydrogen-bond acceptors (Lipinski definition) is 3. The van der Waals surface area contributed by atoms with Gasteiger partial charge in [0.25, 0.3) is 0 Å². The molecule has 3 aromatic rings. The van der Waals surface area contributed by atoms with Crippen LogP contribution in [0, 0.1) is 5.82 Å². The SMILES string of the molecule is COc1cc(C(C)C[C@H](C)c2cccc(F)c2)nn1-c1ccc(C(F)(F)F)nc1. The summed E-state index contributed by atoms with van der Waals surface area (Å²) in [4.78, 5) is 3.48. The highest BCUT2D eigenvalue weighted by molar-refractivity contribution is 5.36. The molecular weight excluding hydrogens is 386 g/mol. The van der Waals surface area contributed by atoms with Crippen LogP contribution in [0.25, 0.3) is 5.69 Å². The Bertz CT molecular complexity index is 967. The Hall–Kier alpha value is -2.90. The normalized spacial score (nSPS) is 13.9. The van der Waals surface area contributed by atoms with Crippen molar-refractivity contribution in [3.8, 4) is 11.6 Å². The number of methoxy groups -OCH3 is 1. The molecule has 0 aliphatic carbocycles. The van der Waals surface area contributed by atoms with Crippen LogP contribution in [0.2, 0.25) is 0 Å². The summed E-state index contributed by atoms with van der Waals surface area (Å²) in [6.45, 7) is 4.01. The fourth-order valence-corrected chi connectivity index (χ4v) is 3.23. The molecule has 0 saturated carbocycles. The molecule has 29 heavy (non-hydrogen) atoms. The summed E-state index contributed by atoms with van der Waals surface area (Å²) in [6, 6.07) is 10.4. The van der Waals surface area contributed by atoms with Gasteiger partial charge in [-0.1, -0.05) is 26.0 Å². The van der Waals surface area contributed by atoms with Gasteiger partial charge in [-0.3, -0.25) is 0 Å². The van der Waals surface area contributed by atoms with E-state index in [1.54, 1.807) is 12.1 Å². The second-order valence-electron chi connectivity index (χ2n) is 7.02. The van der Waals surface area contributed by atoms with Crippen LogP contribution in [0.3, 0.4) is 0 Å². The minimum Gasteiger partial charge on any atom is -0.481 e. The van der Waals surface area contributed by atoms with Crippen molar-refractivity contribution < 1.29 is 22.3 Å². The van der Waals surface area contributed by atoms with E-state index in [2.05, 4.69) is 10.1 Å². The number of hydrogen-bond donors (Lipinski definition) is 0. The molecule has 0 aliphatic heterocycles. The van der Waals surface area contributed by atoms with Crippen LogP contribution in [0.4, 0.5) is 17.6 Å². The van der Waals surface area contributed by atoms with Crippen LogP contribution in [-0.2, 0) is 6.18 Å². The van der Waals surface area contributed by atoms with Gasteiger partial charge in [-0.05, 0) is 42.2 Å². The fourth-order valence-electron chi connectivity index (χ4n) is 3.23. The molecule has 2 heterocycles. The van der Waals surface area contributed by atoms with Crippen LogP contribution >= 0.6 is 0 Å². The summed E-state index contributed by atoms with van der Waals surface area (Å²) in [7, 11) is 1.47. The van der Waals surface area contributed by atoms with E-state index in [1.165, 1.54) is 30.0 Å². The Labute approximate surface area is 166 Å². The summed E-state index contributed by atoms with van der Waals surface area (Å²) >= 11 is 0. The Morgan fingerprint density at radius 3 is 2.41 bits per heavy atom. The van der Waals surface area contributed by atoms with Crippen molar-refractivity contribution in [2.75, 3.05) is 7.11 Å². The lowest BCUT2D eigenvalue weighted by Crippen LogP contribution is -2.09. The molecule has 1 aromatic carbocycles. The molecule has 0 aliphatic rings. The highest BCUT2D eigenvalue weighted by atomic mass is 19.4. The topological polar surface area (TPSA) is 39.9 Å². The zero-order valence-electron chi connectivity index (χ0n) is 16.2. The predicted octanol–water partition coefficient (Wildman–Crippen LogP) is 5.73. The first-order chi connectivity index (χ1) is 13.7. The van der Waals surface area contributed by atoms with Crippen LogP contribution < -0.4 is 4.74 Å². The first-order valence-corrected chi connectivity index (χ1v) is 9.12. The monoisotopic (exact) mass is 407 g/mol. The maximum atomic E-state index is 13.5. The Morgan fingerprint density at radius 2 is 1.83 bits per heavy atom. The molecule has 2 atom stereocenters. The Morgan fingerprint density at radius 1 is 1.07 bits per heavy atom. The van der Waals surface area contributed by atoms with Gasteiger partial charge in [0.2, 0.25) is 5.88 Å². The molecule has 8 heteroatoms. The summed E-state index contributed by atoms with van der Waals surface area (Å²) in [5, 5.41) is 4.50. The van der Waals surface area contributed by atoms with Crippen LogP contribution in [0.1, 0.15) is 49.1 Å². The van der Waals surface area contributed by atoms with E-state index in [4.69, 9.17) is 4.74 Å². The molecule has 0 spiro atoms. The molecular formula is C21H21F4N3O. The molecule has 0 radical (unpaired) electrons. The lowest BCUT2D eigenvalue weighted by Gasteiger charge is -2.16. The largest absolute Gasteiger partial charge is 0.481 e. The van der Waals surface area contributed by atoms with Crippen molar-refractivity contribution in [2.45, 2.75) is 38.3 Å². The molecule has 2 aromatic heterocycles. The first kappa shape index (κ1) is 20.8. The quantitative estimate of drug-likeness (QED) is 0.490. The number of rotatable bonds is 6. The van der Waals surface area contributed by atoms with Crippen molar-refractivity contribution in [1.82, 2.24) is 14.8 Å². The van der Waals surface area contributed by atoms with Gasteiger partial charge in [-0.25, -0.2) is 9.37 Å². The number of alkyl halides is 3. The van der Waals surface area contributed by atoms with E-state index in [0.717, 1.165) is 29.9 Å². The molecule has 4 nitrogen and oxygen atoms in total. The maximum Gasteiger partial charge on any atom is 0.433 e. The summed E-state index contributed by atoms with van der Waals surface area (Å²) in [5.74, 6) is 0.241. The minimum atomic E-state index is -4.50. The van der Waals surface area contributed by atoms with Gasteiger partial charge in [-0.15, -0.1) is 0 Å². The van der Waals surface area contributed by atoms with Crippen LogP contribution in [0.15, 0.2) is 48.7 Å². The Kier molecular flexibility index (Phi) is 5.91. The highest BCUT2D eigenvalue weighted by Crippen LogP contribution is 2.32. The van der Waals surface area contributed by atoms with Crippen molar-refractivity contribution in [3.63, 3.8) is 0 Å². The van der Waals surface area contributed by atoms with Gasteiger partial charge in [0.05, 0.1) is 24.7 Å². The van der Waals surface area contributed by atoms with Gasteiger partial charge >= 0.3 is 6.18 Å². The number of halogens is 4. The van der Waals surface area contributed by atoms with Crippen LogP contribution in [-0.4, -0.2) is 21.9 Å². The zero-order chi connectivity index (χ0) is 21.2. The molecule has 1 unspecified atom stereocenters. The maximum absolute atomic E-state index is 13.5. The second kappa shape index (κ2) is 8.23. The molecule has 0 bridgehead atoms. The molecule has 154 valence electrons. The van der Waals surface area contributed by atoms with Gasteiger partial charge in [0, 0.05) is 12.0 Å². The van der Waals surface area contributed by atoms with Crippen molar-refractivity contribution in [2.24, 2.45) is 0 Å². The van der Waals surface area contributed by atoms with Gasteiger partial charge in [0.15, 0.2) is 0 Å². The molecule has 0 saturated heterocycles. The Balaban J connectivity index is 1.82. The standard InChI is InChI=1S/C21H21F4N3O/c1-13(15-5-4-6-16(22)10-15)9-14(2)18-11-20(29-3)28(27-18)17-7-8-19(26-12-17)21(23,24)25/h4-8,10-14H,9H2,1-3H3/t13-,14?/m0/s1. The van der Waals surface area contributed by atoms with E-state index >= 15 is 0 Å². The third kappa shape index (κ3) is 4.75. The number of nitrogens with zero attached hydrogens (tertiary/aromatic N) is 3. The summed E-state index contributed by atoms with van der Waals surface area (Å²) in [5.41, 5.74) is 1.02. The lowest BCUT2D eigenvalue weighted by molar-refractivity contribution is -0.141. The van der Waals surface area contributed by atoms with Gasteiger partial charge in [-0.2, -0.15) is 23.0 Å². The third-order valence-electron chi connectivity index (χ3n) is 4.82. The lowest BCUT2D eigenvalue weighted by atomic mass is 9.89. The summed E-state index contributed by atoms with van der Waals surface area (Å²) in [6.07, 6.45) is -2.67. The van der Waals surface area contributed by atoms with E-state index in [9.17, 15) is 17.6 Å². The molecule has 3 rings (SSSR count). The van der Waals surface area contributed by atoms with Gasteiger partial charge in [0.1, 0.15) is 11.5 Å². The van der Waals surface area contributed by atoms with Crippen LogP contribution in [0.5, 0.6) is 5.88 Å². The average Bonchev–Trinajstić information content (AvgIpc) is 3.12. The number of aromatic nitrogens is 3. The average molecular weight is 407 g/mol. The summed E-state index contributed by atoms with van der Waals surface area (Å²) < 4.78 is 58.4. The van der Waals surface area contributed by atoms with Crippen molar-refractivity contribution >= 4 is 0 Å². The highest BCUT2D eigenvalue weighted by Gasteiger charge is 2.32. The van der Waals surface area contributed by atoms with E-state index in [0.29, 0.717) is 11.6 Å². The van der Waals surface area contributed by atoms with Crippen molar-refractivity contribution in [1.29, 1.82) is 0 Å². The van der Waals surface area contributed by atoms with Gasteiger partial charge < -0.3 is 4.74 Å². The number of pyridine rings is 1. The zero-order valence-corrected chi connectivity index (χ0v) is 16.2. The van der Waals surface area contributed by atoms with E-state index in [-0.39, 0.29) is 17.7 Å². The predicted molar refractivity (Wildman–Crippen MR) is 101 cm³/mol. The second-order valence-corrected chi connectivity index (χ2v) is 7.02. The minimum absolute atomic E-state index is 0.0193. The molecule has 0 fully saturated rings. The smallest absolute Gasteiger partial charge is 0.433 e. The van der Waals surface area contributed by atoms with E-state index < -0.39 is 11.9 Å². The molecule has 0 amide bonds. The first-order valence-electron chi connectivity index (χ1n) is 9.12. The van der Waals surface area contributed by atoms with E-state index in [1.807, 2.05) is 19.9 Å². The molecule has 0 N–H and O–H groups in total. The fraction of sp³-hybridized carbons (Fsp3) is 0.333. The third-order valence-corrected chi connectivity index (χ3v) is 4.82.